The molecule has 4 rings (SSSR count). The molecule has 4 aromatic rings. The minimum Gasteiger partial charge on any atom is -0.461 e. The molecule has 31 heavy (non-hydrogen) atoms. The Bertz CT molecular complexity index is 1210. The summed E-state index contributed by atoms with van der Waals surface area (Å²) in [5, 5.41) is 4.32. The summed E-state index contributed by atoms with van der Waals surface area (Å²) in [7, 11) is 0. The quantitative estimate of drug-likeness (QED) is 0.371. The second-order valence-electron chi connectivity index (χ2n) is 7.45. The van der Waals surface area contributed by atoms with Gasteiger partial charge in [0.05, 0.1) is 17.2 Å². The smallest absolute Gasteiger partial charge is 0.357 e. The van der Waals surface area contributed by atoms with Gasteiger partial charge < -0.3 is 10.1 Å². The van der Waals surface area contributed by atoms with Gasteiger partial charge in [-0.25, -0.2) is 14.8 Å². The maximum absolute atomic E-state index is 12.7. The predicted molar refractivity (Wildman–Crippen MR) is 126 cm³/mol. The number of thiazole rings is 1. The van der Waals surface area contributed by atoms with Gasteiger partial charge in [-0.15, -0.1) is 0 Å². The highest BCUT2D eigenvalue weighted by Crippen LogP contribution is 2.35. The number of anilines is 1. The van der Waals surface area contributed by atoms with Crippen molar-refractivity contribution in [2.24, 2.45) is 0 Å². The number of carbonyl (C=O) groups excluding carboxylic acids is 1. The van der Waals surface area contributed by atoms with Crippen LogP contribution in [0.4, 0.5) is 5.13 Å². The third kappa shape index (κ3) is 4.18. The second-order valence-corrected chi connectivity index (χ2v) is 8.48. The normalized spacial score (nSPS) is 12.1. The maximum atomic E-state index is 12.7. The van der Waals surface area contributed by atoms with Gasteiger partial charge in [-0.1, -0.05) is 48.6 Å². The van der Waals surface area contributed by atoms with E-state index in [0.717, 1.165) is 38.8 Å². The molecular formula is C24H26N4O2S. The van der Waals surface area contributed by atoms with Crippen molar-refractivity contribution in [3.8, 4) is 21.6 Å². The first kappa shape index (κ1) is 21.1. The summed E-state index contributed by atoms with van der Waals surface area (Å²) in [4.78, 5) is 23.0. The largest absolute Gasteiger partial charge is 0.461 e. The van der Waals surface area contributed by atoms with Crippen LogP contribution in [-0.4, -0.2) is 33.0 Å². The van der Waals surface area contributed by atoms with E-state index >= 15 is 0 Å². The summed E-state index contributed by atoms with van der Waals surface area (Å²) in [6, 6.07) is 12.6. The summed E-state index contributed by atoms with van der Waals surface area (Å²) in [6.07, 6.45) is 4.85. The molecule has 3 heterocycles. The Morgan fingerprint density at radius 3 is 2.71 bits per heavy atom. The van der Waals surface area contributed by atoms with Crippen LogP contribution in [0.25, 0.3) is 27.2 Å². The van der Waals surface area contributed by atoms with Gasteiger partial charge in [-0.05, 0) is 38.8 Å². The molecule has 0 aliphatic rings. The molecule has 7 heteroatoms. The molecule has 1 N–H and O–H groups in total. The van der Waals surface area contributed by atoms with Crippen molar-refractivity contribution < 1.29 is 9.53 Å². The van der Waals surface area contributed by atoms with E-state index in [-0.39, 0.29) is 5.97 Å². The summed E-state index contributed by atoms with van der Waals surface area (Å²) in [5.41, 5.74) is 4.82. The van der Waals surface area contributed by atoms with Gasteiger partial charge in [0, 0.05) is 29.6 Å². The van der Waals surface area contributed by atoms with Gasteiger partial charge in [0.1, 0.15) is 5.65 Å². The molecule has 0 aliphatic carbocycles. The van der Waals surface area contributed by atoms with Gasteiger partial charge >= 0.3 is 5.97 Å². The van der Waals surface area contributed by atoms with Crippen molar-refractivity contribution in [1.29, 1.82) is 0 Å². The van der Waals surface area contributed by atoms with Crippen LogP contribution in [0.5, 0.6) is 0 Å². The third-order valence-electron chi connectivity index (χ3n) is 5.22. The lowest BCUT2D eigenvalue weighted by molar-refractivity contribution is 0.0517. The third-order valence-corrected chi connectivity index (χ3v) is 6.20. The molecule has 0 spiro atoms. The van der Waals surface area contributed by atoms with Gasteiger partial charge in [0.15, 0.2) is 10.8 Å². The molecular weight excluding hydrogens is 408 g/mol. The average Bonchev–Trinajstić information content (AvgIpc) is 3.37. The number of carbonyl (C=O) groups is 1. The van der Waals surface area contributed by atoms with Gasteiger partial charge in [-0.3, -0.25) is 4.40 Å². The highest BCUT2D eigenvalue weighted by atomic mass is 32.1. The number of fused-ring (bicyclic) bond motifs is 1. The van der Waals surface area contributed by atoms with Crippen molar-refractivity contribution in [1.82, 2.24) is 14.4 Å². The number of pyridine rings is 1. The van der Waals surface area contributed by atoms with Crippen LogP contribution in [0.2, 0.25) is 0 Å². The predicted octanol–water partition coefficient (Wildman–Crippen LogP) is 5.82. The molecule has 0 fully saturated rings. The first-order valence-corrected chi connectivity index (χ1v) is 11.3. The molecule has 0 saturated carbocycles. The number of aromatic nitrogens is 3. The Labute approximate surface area is 185 Å². The molecule has 1 aromatic carbocycles. The first-order chi connectivity index (χ1) is 15.0. The molecule has 160 valence electrons. The van der Waals surface area contributed by atoms with E-state index in [0.29, 0.717) is 24.0 Å². The number of aryl methyl sites for hydroxylation is 1. The molecule has 0 saturated heterocycles. The number of nitrogens with one attached hydrogen (secondary N) is 1. The van der Waals surface area contributed by atoms with E-state index in [1.165, 1.54) is 0 Å². The van der Waals surface area contributed by atoms with E-state index in [1.807, 2.05) is 41.9 Å². The first-order valence-electron chi connectivity index (χ1n) is 10.5. The number of ether oxygens (including phenoxy) is 1. The molecule has 0 amide bonds. The van der Waals surface area contributed by atoms with Crippen LogP contribution in [-0.2, 0) is 4.74 Å². The van der Waals surface area contributed by atoms with Crippen LogP contribution in [0, 0.1) is 6.92 Å². The fourth-order valence-corrected chi connectivity index (χ4v) is 4.36. The second kappa shape index (κ2) is 8.89. The van der Waals surface area contributed by atoms with Gasteiger partial charge in [0.2, 0.25) is 0 Å². The lowest BCUT2D eigenvalue weighted by Gasteiger charge is -2.10. The maximum Gasteiger partial charge on any atom is 0.357 e. The Balaban J connectivity index is 1.90. The van der Waals surface area contributed by atoms with E-state index < -0.39 is 0 Å². The molecule has 0 aliphatic heterocycles. The van der Waals surface area contributed by atoms with Crippen molar-refractivity contribution in [3.63, 3.8) is 0 Å². The van der Waals surface area contributed by atoms with Crippen molar-refractivity contribution in [2.45, 2.75) is 40.2 Å². The van der Waals surface area contributed by atoms with E-state index in [4.69, 9.17) is 9.72 Å². The Morgan fingerprint density at radius 1 is 1.23 bits per heavy atom. The Kier molecular flexibility index (Phi) is 6.04. The number of nitrogens with zero attached hydrogens (tertiary/aromatic N) is 3. The zero-order valence-corrected chi connectivity index (χ0v) is 19.0. The summed E-state index contributed by atoms with van der Waals surface area (Å²) >= 11 is 1.60. The fraction of sp³-hybridized carbons (Fsp3) is 0.292. The van der Waals surface area contributed by atoms with E-state index in [9.17, 15) is 4.79 Å². The number of imidazole rings is 1. The number of hydrogen-bond acceptors (Lipinski definition) is 6. The summed E-state index contributed by atoms with van der Waals surface area (Å²) < 4.78 is 7.16. The van der Waals surface area contributed by atoms with E-state index in [1.54, 1.807) is 18.3 Å². The van der Waals surface area contributed by atoms with Crippen molar-refractivity contribution in [3.05, 3.63) is 60.2 Å². The standard InChI is InChI=1S/C24H26N4O2S/c1-5-15(3)26-24-25-13-20(31-24)18-12-19(17-10-8-7-9-11-17)22-27-16(4)21(28(22)14-18)23(29)30-6-2/h7-15H,5-6H2,1-4H3,(H,25,26)/t15-/m1/s1. The highest BCUT2D eigenvalue weighted by Gasteiger charge is 2.21. The van der Waals surface area contributed by atoms with Crippen molar-refractivity contribution >= 4 is 28.1 Å². The van der Waals surface area contributed by atoms with Crippen molar-refractivity contribution in [2.75, 3.05) is 11.9 Å². The molecule has 0 bridgehead atoms. The van der Waals surface area contributed by atoms with Crippen LogP contribution in [0.3, 0.4) is 0 Å². The molecule has 0 radical (unpaired) electrons. The topological polar surface area (TPSA) is 68.5 Å². The number of rotatable bonds is 7. The summed E-state index contributed by atoms with van der Waals surface area (Å²) in [5.74, 6) is -0.368. The molecule has 0 unspecified atom stereocenters. The molecule has 3 aromatic heterocycles. The zero-order valence-electron chi connectivity index (χ0n) is 18.2. The number of esters is 1. The zero-order chi connectivity index (χ0) is 22.0. The van der Waals surface area contributed by atoms with Crippen LogP contribution in [0.1, 0.15) is 43.4 Å². The minimum atomic E-state index is -0.368. The van der Waals surface area contributed by atoms with Crippen LogP contribution >= 0.6 is 11.3 Å². The highest BCUT2D eigenvalue weighted by molar-refractivity contribution is 7.18. The number of benzene rings is 1. The monoisotopic (exact) mass is 434 g/mol. The Hall–Kier alpha value is -3.19. The number of hydrogen-bond donors (Lipinski definition) is 1. The summed E-state index contributed by atoms with van der Waals surface area (Å²) in [6.45, 7) is 8.25. The average molecular weight is 435 g/mol. The van der Waals surface area contributed by atoms with Crippen LogP contribution < -0.4 is 5.32 Å². The molecule has 6 nitrogen and oxygen atoms in total. The lowest BCUT2D eigenvalue weighted by atomic mass is 10.0. The SMILES string of the molecule is CCOC(=O)c1c(C)nc2c(-c3ccccc3)cc(-c3cnc(N[C@H](C)CC)s3)cn12. The lowest BCUT2D eigenvalue weighted by Crippen LogP contribution is -2.12. The van der Waals surface area contributed by atoms with E-state index in [2.05, 4.69) is 42.3 Å². The Morgan fingerprint density at radius 2 is 2.00 bits per heavy atom. The minimum absolute atomic E-state index is 0.316. The fourth-order valence-electron chi connectivity index (χ4n) is 3.46. The molecule has 1 atom stereocenters. The van der Waals surface area contributed by atoms with Crippen LogP contribution in [0.15, 0.2) is 48.8 Å². The van der Waals surface area contributed by atoms with Gasteiger partial charge in [-0.2, -0.15) is 0 Å². The van der Waals surface area contributed by atoms with Gasteiger partial charge in [0.25, 0.3) is 0 Å².